The average Bonchev–Trinajstić information content (AvgIpc) is 3.07. The molecule has 4 N–H and O–H groups in total. The molecule has 1 aromatic carbocycles. The van der Waals surface area contributed by atoms with E-state index in [-0.39, 0.29) is 6.03 Å². The van der Waals surface area contributed by atoms with Crippen molar-refractivity contribution in [3.8, 4) is 11.1 Å². The highest BCUT2D eigenvalue weighted by Crippen LogP contribution is 2.23. The van der Waals surface area contributed by atoms with Gasteiger partial charge in [0.05, 0.1) is 11.0 Å². The van der Waals surface area contributed by atoms with E-state index in [1.54, 1.807) is 19.5 Å². The number of nitrogens with one attached hydrogen (secondary N) is 4. The summed E-state index contributed by atoms with van der Waals surface area (Å²) in [5.74, 6) is 0.990. The van der Waals surface area contributed by atoms with E-state index in [1.807, 2.05) is 25.1 Å². The molecular weight excluding hydrogens is 346 g/mol. The van der Waals surface area contributed by atoms with E-state index in [0.717, 1.165) is 35.1 Å². The Balaban J connectivity index is 1.70. The highest BCUT2D eigenvalue weighted by Gasteiger charge is 2.08. The molecular formula is C18H23N7O2. The first-order chi connectivity index (χ1) is 13.2. The standard InChI is InChI=1S/C18H23N7O2/c1-3-19-18(26)25-17-23-14-6-5-12(9-15(14)24-17)13-10-21-16(22-11-13)20-7-4-8-27-2/h5-6,9-11H,3-4,7-8H2,1-2H3,(H,20,21,22)(H3,19,23,24,25,26). The predicted octanol–water partition coefficient (Wildman–Crippen LogP) is 2.61. The Bertz CT molecular complexity index is 892. The van der Waals surface area contributed by atoms with Gasteiger partial charge in [-0.3, -0.25) is 5.32 Å². The van der Waals surface area contributed by atoms with E-state index in [9.17, 15) is 4.79 Å². The third-order valence-corrected chi connectivity index (χ3v) is 3.85. The molecule has 0 atom stereocenters. The lowest BCUT2D eigenvalue weighted by atomic mass is 10.1. The van der Waals surface area contributed by atoms with Crippen molar-refractivity contribution in [1.29, 1.82) is 0 Å². The molecule has 2 heterocycles. The number of amides is 2. The van der Waals surface area contributed by atoms with Gasteiger partial charge in [0.15, 0.2) is 0 Å². The van der Waals surface area contributed by atoms with Crippen LogP contribution in [0.5, 0.6) is 0 Å². The molecule has 0 aliphatic rings. The molecule has 9 heteroatoms. The Hall–Kier alpha value is -3.20. The molecule has 0 aliphatic heterocycles. The topological polar surface area (TPSA) is 117 Å². The van der Waals surface area contributed by atoms with Crippen molar-refractivity contribution in [3.63, 3.8) is 0 Å². The molecule has 3 rings (SSSR count). The summed E-state index contributed by atoms with van der Waals surface area (Å²) in [6.45, 7) is 3.86. The van der Waals surface area contributed by atoms with Crippen molar-refractivity contribution in [2.24, 2.45) is 0 Å². The fraction of sp³-hybridized carbons (Fsp3) is 0.333. The van der Waals surface area contributed by atoms with E-state index < -0.39 is 0 Å². The summed E-state index contributed by atoms with van der Waals surface area (Å²) in [5.41, 5.74) is 3.43. The first-order valence-electron chi connectivity index (χ1n) is 8.79. The van der Waals surface area contributed by atoms with Crippen LogP contribution in [0.3, 0.4) is 0 Å². The maximum Gasteiger partial charge on any atom is 0.321 e. The van der Waals surface area contributed by atoms with Crippen molar-refractivity contribution < 1.29 is 9.53 Å². The van der Waals surface area contributed by atoms with Crippen LogP contribution in [0.4, 0.5) is 16.7 Å². The van der Waals surface area contributed by atoms with Gasteiger partial charge in [0.25, 0.3) is 0 Å². The number of rotatable bonds is 8. The number of methoxy groups -OCH3 is 1. The molecule has 0 spiro atoms. The van der Waals surface area contributed by atoms with Gasteiger partial charge in [-0.05, 0) is 31.0 Å². The second-order valence-electron chi connectivity index (χ2n) is 5.87. The number of ether oxygens (including phenoxy) is 1. The quantitative estimate of drug-likeness (QED) is 0.454. The Kier molecular flexibility index (Phi) is 6.16. The Morgan fingerprint density at radius 3 is 2.78 bits per heavy atom. The summed E-state index contributed by atoms with van der Waals surface area (Å²) >= 11 is 0. The molecule has 3 aromatic rings. The number of hydrogen-bond acceptors (Lipinski definition) is 6. The number of fused-ring (bicyclic) bond motifs is 1. The van der Waals surface area contributed by atoms with Crippen LogP contribution >= 0.6 is 0 Å². The zero-order valence-electron chi connectivity index (χ0n) is 15.4. The maximum absolute atomic E-state index is 11.6. The number of imidazole rings is 1. The summed E-state index contributed by atoms with van der Waals surface area (Å²) in [6.07, 6.45) is 4.44. The van der Waals surface area contributed by atoms with Gasteiger partial charge in [0.1, 0.15) is 0 Å². The second-order valence-corrected chi connectivity index (χ2v) is 5.87. The normalized spacial score (nSPS) is 10.7. The molecule has 0 fully saturated rings. The van der Waals surface area contributed by atoms with Gasteiger partial charge in [0.2, 0.25) is 11.9 Å². The first kappa shape index (κ1) is 18.6. The lowest BCUT2D eigenvalue weighted by Gasteiger charge is -2.05. The SMILES string of the molecule is CCNC(=O)Nc1nc2cc(-c3cnc(NCCCOC)nc3)ccc2[nH]1. The van der Waals surface area contributed by atoms with Crippen LogP contribution in [0.15, 0.2) is 30.6 Å². The molecule has 0 unspecified atom stereocenters. The Labute approximate surface area is 157 Å². The molecule has 142 valence electrons. The van der Waals surface area contributed by atoms with Crippen molar-refractivity contribution in [2.75, 3.05) is 37.4 Å². The number of carbonyl (C=O) groups excluding carboxylic acids is 1. The number of urea groups is 1. The monoisotopic (exact) mass is 369 g/mol. The van der Waals surface area contributed by atoms with Gasteiger partial charge in [0, 0.05) is 44.8 Å². The third-order valence-electron chi connectivity index (χ3n) is 3.85. The Morgan fingerprint density at radius 2 is 2.04 bits per heavy atom. The minimum Gasteiger partial charge on any atom is -0.385 e. The van der Waals surface area contributed by atoms with Crippen LogP contribution in [-0.4, -0.2) is 52.8 Å². The number of carbonyl (C=O) groups is 1. The first-order valence-corrected chi connectivity index (χ1v) is 8.79. The van der Waals surface area contributed by atoms with E-state index in [4.69, 9.17) is 4.74 Å². The molecule has 0 aliphatic carbocycles. The molecule has 2 aromatic heterocycles. The predicted molar refractivity (Wildman–Crippen MR) is 105 cm³/mol. The van der Waals surface area contributed by atoms with Crippen LogP contribution in [-0.2, 0) is 4.74 Å². The molecule has 0 radical (unpaired) electrons. The number of anilines is 2. The Morgan fingerprint density at radius 1 is 1.22 bits per heavy atom. The van der Waals surface area contributed by atoms with Gasteiger partial charge in [-0.25, -0.2) is 19.7 Å². The summed E-state index contributed by atoms with van der Waals surface area (Å²) < 4.78 is 5.01. The number of aromatic nitrogens is 4. The van der Waals surface area contributed by atoms with Crippen molar-refractivity contribution in [2.45, 2.75) is 13.3 Å². The van der Waals surface area contributed by atoms with E-state index in [2.05, 4.69) is 35.9 Å². The van der Waals surface area contributed by atoms with Gasteiger partial charge >= 0.3 is 6.03 Å². The summed E-state index contributed by atoms with van der Waals surface area (Å²) in [5, 5.41) is 8.49. The largest absolute Gasteiger partial charge is 0.385 e. The van der Waals surface area contributed by atoms with Gasteiger partial charge in [-0.2, -0.15) is 0 Å². The fourth-order valence-electron chi connectivity index (χ4n) is 2.54. The highest BCUT2D eigenvalue weighted by molar-refractivity contribution is 5.90. The zero-order valence-corrected chi connectivity index (χ0v) is 15.4. The number of aromatic amines is 1. The van der Waals surface area contributed by atoms with Crippen LogP contribution in [0.2, 0.25) is 0 Å². The lowest BCUT2D eigenvalue weighted by Crippen LogP contribution is -2.28. The zero-order chi connectivity index (χ0) is 19.1. The van der Waals surface area contributed by atoms with Crippen LogP contribution < -0.4 is 16.0 Å². The van der Waals surface area contributed by atoms with E-state index in [0.29, 0.717) is 25.0 Å². The molecule has 9 nitrogen and oxygen atoms in total. The van der Waals surface area contributed by atoms with Gasteiger partial charge < -0.3 is 20.4 Å². The maximum atomic E-state index is 11.6. The van der Waals surface area contributed by atoms with Gasteiger partial charge in [-0.1, -0.05) is 6.07 Å². The van der Waals surface area contributed by atoms with Crippen molar-refractivity contribution in [1.82, 2.24) is 25.3 Å². The summed E-state index contributed by atoms with van der Waals surface area (Å²) in [4.78, 5) is 27.8. The number of H-pyrrole nitrogens is 1. The number of nitrogens with zero attached hydrogens (tertiary/aromatic N) is 3. The van der Waals surface area contributed by atoms with Crippen LogP contribution in [0, 0.1) is 0 Å². The number of benzene rings is 1. The molecule has 27 heavy (non-hydrogen) atoms. The van der Waals surface area contributed by atoms with Crippen LogP contribution in [0.1, 0.15) is 13.3 Å². The minimum absolute atomic E-state index is 0.293. The van der Waals surface area contributed by atoms with E-state index >= 15 is 0 Å². The molecule has 0 saturated heterocycles. The van der Waals surface area contributed by atoms with Crippen LogP contribution in [0.25, 0.3) is 22.2 Å². The summed E-state index contributed by atoms with van der Waals surface area (Å²) in [6, 6.07) is 5.51. The summed E-state index contributed by atoms with van der Waals surface area (Å²) in [7, 11) is 1.68. The smallest absolute Gasteiger partial charge is 0.321 e. The minimum atomic E-state index is -0.293. The molecule has 0 bridgehead atoms. The average molecular weight is 369 g/mol. The van der Waals surface area contributed by atoms with Crippen molar-refractivity contribution >= 4 is 29.0 Å². The van der Waals surface area contributed by atoms with Gasteiger partial charge in [-0.15, -0.1) is 0 Å². The number of hydrogen-bond donors (Lipinski definition) is 4. The lowest BCUT2D eigenvalue weighted by molar-refractivity contribution is 0.197. The second kappa shape index (κ2) is 8.95. The van der Waals surface area contributed by atoms with Crippen molar-refractivity contribution in [3.05, 3.63) is 30.6 Å². The van der Waals surface area contributed by atoms with E-state index in [1.165, 1.54) is 0 Å². The molecule has 0 saturated carbocycles. The fourth-order valence-corrected chi connectivity index (χ4v) is 2.54. The molecule has 2 amide bonds. The third kappa shape index (κ3) is 4.91. The highest BCUT2D eigenvalue weighted by atomic mass is 16.5.